The van der Waals surface area contributed by atoms with Crippen molar-refractivity contribution in [2.75, 3.05) is 15.8 Å². The molecule has 0 saturated heterocycles. The number of benzene rings is 2. The van der Waals surface area contributed by atoms with Gasteiger partial charge in [-0.3, -0.25) is 9.52 Å². The van der Waals surface area contributed by atoms with Crippen molar-refractivity contribution in [3.63, 3.8) is 0 Å². The number of carbonyl (C=O) groups excluding carboxylic acids is 1. The Morgan fingerprint density at radius 2 is 1.81 bits per heavy atom. The summed E-state index contributed by atoms with van der Waals surface area (Å²) in [4.78, 5) is 20.7. The fourth-order valence-corrected chi connectivity index (χ4v) is 4.59. The molecule has 0 bridgehead atoms. The number of amides is 1. The first-order valence-corrected chi connectivity index (χ1v) is 12.5. The van der Waals surface area contributed by atoms with Crippen molar-refractivity contribution in [3.05, 3.63) is 66.5 Å². The van der Waals surface area contributed by atoms with E-state index in [4.69, 9.17) is 16.7 Å². The number of nitrogens with one attached hydrogen (secondary N) is 2. The lowest BCUT2D eigenvalue weighted by Crippen LogP contribution is -2.23. The highest BCUT2D eigenvalue weighted by molar-refractivity contribution is 7.92. The molecule has 1 fully saturated rings. The van der Waals surface area contributed by atoms with Gasteiger partial charge in [-0.25, -0.2) is 17.8 Å². The van der Waals surface area contributed by atoms with Gasteiger partial charge in [0, 0.05) is 11.3 Å². The van der Waals surface area contributed by atoms with Gasteiger partial charge >= 0.3 is 0 Å². The van der Waals surface area contributed by atoms with Crippen molar-refractivity contribution >= 4 is 33.1 Å². The summed E-state index contributed by atoms with van der Waals surface area (Å²) in [5.74, 6) is 1.96. The van der Waals surface area contributed by atoms with E-state index in [0.717, 1.165) is 12.1 Å². The molecule has 0 radical (unpaired) electrons. The molecule has 12 heteroatoms. The second-order valence-corrected chi connectivity index (χ2v) is 10.1. The van der Waals surface area contributed by atoms with Crippen LogP contribution in [0.4, 0.5) is 21.6 Å². The second-order valence-electron chi connectivity index (χ2n) is 8.41. The maximum absolute atomic E-state index is 14.2. The normalized spacial score (nSPS) is 13.9. The molecular weight excluding hydrogens is 499 g/mol. The summed E-state index contributed by atoms with van der Waals surface area (Å²) in [6.45, 7) is 0. The van der Waals surface area contributed by atoms with E-state index in [0.29, 0.717) is 29.9 Å². The van der Waals surface area contributed by atoms with Crippen LogP contribution in [0.3, 0.4) is 0 Å². The Kier molecular flexibility index (Phi) is 5.85. The van der Waals surface area contributed by atoms with Crippen LogP contribution in [0.25, 0.3) is 23.0 Å². The van der Waals surface area contributed by atoms with Crippen molar-refractivity contribution in [1.29, 1.82) is 0 Å². The van der Waals surface area contributed by atoms with Gasteiger partial charge in [0.1, 0.15) is 22.7 Å². The van der Waals surface area contributed by atoms with E-state index >= 15 is 0 Å². The lowest BCUT2D eigenvalue weighted by Gasteiger charge is -2.13. The number of rotatable bonds is 7. The zero-order valence-electron chi connectivity index (χ0n) is 19.1. The predicted molar refractivity (Wildman–Crippen MR) is 134 cm³/mol. The highest BCUT2D eigenvalue weighted by atomic mass is 32.2. The van der Waals surface area contributed by atoms with Gasteiger partial charge in [0.05, 0.1) is 10.6 Å². The van der Waals surface area contributed by atoms with Gasteiger partial charge in [-0.1, -0.05) is 17.1 Å². The van der Waals surface area contributed by atoms with Gasteiger partial charge in [-0.2, -0.15) is 4.98 Å². The largest absolute Gasteiger partial charge is 0.384 e. The number of anilines is 3. The standard InChI is InChI=1S/C25H19FN6O4S/c1-2-25(10-11-25)24(33)28-17-12-16(26)13-18(14-17)32-37(34,35)19-8-6-15(7-9-19)22-30-23(36-31-22)20-4-3-5-21(27)29-20/h1,3-9,12-14,32H,10-11H2,(H2,27,29)(H,28,33). The van der Waals surface area contributed by atoms with Crippen molar-refractivity contribution in [3.8, 4) is 35.3 Å². The summed E-state index contributed by atoms with van der Waals surface area (Å²) < 4.78 is 47.6. The number of hydrogen-bond acceptors (Lipinski definition) is 8. The minimum Gasteiger partial charge on any atom is -0.384 e. The molecule has 1 amide bonds. The van der Waals surface area contributed by atoms with Gasteiger partial charge in [-0.05, 0) is 67.4 Å². The van der Waals surface area contributed by atoms with Crippen LogP contribution in [-0.4, -0.2) is 29.4 Å². The number of nitrogens with zero attached hydrogens (tertiary/aromatic N) is 3. The molecule has 0 spiro atoms. The Bertz CT molecular complexity index is 1660. The van der Waals surface area contributed by atoms with Gasteiger partial charge in [0.2, 0.25) is 11.7 Å². The van der Waals surface area contributed by atoms with Crippen LogP contribution in [0, 0.1) is 23.6 Å². The first-order chi connectivity index (χ1) is 17.7. The first kappa shape index (κ1) is 24.0. The number of terminal acetylenes is 1. The third-order valence-electron chi connectivity index (χ3n) is 5.71. The molecule has 2 aromatic carbocycles. The van der Waals surface area contributed by atoms with E-state index < -0.39 is 27.2 Å². The maximum Gasteiger partial charge on any atom is 0.276 e. The minimum atomic E-state index is -4.09. The van der Waals surface area contributed by atoms with Crippen molar-refractivity contribution in [2.45, 2.75) is 17.7 Å². The fourth-order valence-electron chi connectivity index (χ4n) is 3.55. The zero-order valence-corrected chi connectivity index (χ0v) is 19.9. The summed E-state index contributed by atoms with van der Waals surface area (Å²) in [6.07, 6.45) is 6.50. The third-order valence-corrected chi connectivity index (χ3v) is 7.10. The summed E-state index contributed by atoms with van der Waals surface area (Å²) >= 11 is 0. The van der Waals surface area contributed by atoms with Crippen molar-refractivity contribution in [2.24, 2.45) is 5.41 Å². The summed E-state index contributed by atoms with van der Waals surface area (Å²) in [6, 6.07) is 14.1. The molecule has 5 rings (SSSR count). The third kappa shape index (κ3) is 4.98. The van der Waals surface area contributed by atoms with E-state index in [1.165, 1.54) is 30.3 Å². The van der Waals surface area contributed by atoms with Gasteiger partial charge in [-0.15, -0.1) is 6.42 Å². The minimum absolute atomic E-state index is 0.0672. The van der Waals surface area contributed by atoms with Crippen LogP contribution in [0.1, 0.15) is 12.8 Å². The smallest absolute Gasteiger partial charge is 0.276 e. The molecule has 0 aliphatic heterocycles. The zero-order chi connectivity index (χ0) is 26.2. The number of nitrogen functional groups attached to an aromatic ring is 1. The van der Waals surface area contributed by atoms with E-state index in [-0.39, 0.29) is 28.0 Å². The quantitative estimate of drug-likeness (QED) is 0.313. The fraction of sp³-hybridized carbons (Fsp3) is 0.120. The molecule has 4 N–H and O–H groups in total. The molecule has 0 unspecified atom stereocenters. The second kappa shape index (κ2) is 9.03. The first-order valence-electron chi connectivity index (χ1n) is 11.0. The van der Waals surface area contributed by atoms with Crippen LogP contribution < -0.4 is 15.8 Å². The molecule has 10 nitrogen and oxygen atoms in total. The highest BCUT2D eigenvalue weighted by Gasteiger charge is 2.48. The molecule has 2 heterocycles. The molecule has 1 aliphatic carbocycles. The average Bonchev–Trinajstić information content (AvgIpc) is 3.51. The summed E-state index contributed by atoms with van der Waals surface area (Å²) in [5.41, 5.74) is 5.71. The summed E-state index contributed by atoms with van der Waals surface area (Å²) in [5, 5.41) is 6.46. The number of nitrogens with two attached hydrogens (primary N) is 1. The Hall–Kier alpha value is -4.76. The number of sulfonamides is 1. The number of carbonyl (C=O) groups is 1. The lowest BCUT2D eigenvalue weighted by molar-refractivity contribution is -0.119. The molecule has 186 valence electrons. The SMILES string of the molecule is C#CC1(C(=O)Nc2cc(F)cc(NS(=O)(=O)c3ccc(-c4noc(-c5cccc(N)n5)n4)cc3)c2)CC1. The highest BCUT2D eigenvalue weighted by Crippen LogP contribution is 2.45. The van der Waals surface area contributed by atoms with Crippen LogP contribution in [0.5, 0.6) is 0 Å². The molecule has 1 aliphatic rings. The Balaban J connectivity index is 1.32. The van der Waals surface area contributed by atoms with Crippen LogP contribution in [0.15, 0.2) is 70.1 Å². The van der Waals surface area contributed by atoms with Crippen LogP contribution in [0.2, 0.25) is 0 Å². The van der Waals surface area contributed by atoms with Crippen LogP contribution in [-0.2, 0) is 14.8 Å². The number of pyridine rings is 1. The molecule has 37 heavy (non-hydrogen) atoms. The van der Waals surface area contributed by atoms with E-state index in [2.05, 4.69) is 31.1 Å². The molecular formula is C25H19FN6O4S. The summed E-state index contributed by atoms with van der Waals surface area (Å²) in [7, 11) is -4.09. The predicted octanol–water partition coefficient (Wildman–Crippen LogP) is 3.67. The monoisotopic (exact) mass is 518 g/mol. The average molecular weight is 519 g/mol. The number of hydrogen-bond donors (Lipinski definition) is 3. The van der Waals surface area contributed by atoms with Crippen molar-refractivity contribution < 1.29 is 22.1 Å². The molecule has 2 aromatic heterocycles. The number of halogens is 1. The van der Waals surface area contributed by atoms with E-state index in [1.807, 2.05) is 0 Å². The van der Waals surface area contributed by atoms with Gasteiger partial charge in [0.15, 0.2) is 0 Å². The Morgan fingerprint density at radius 1 is 1.08 bits per heavy atom. The van der Waals surface area contributed by atoms with E-state index in [1.54, 1.807) is 18.2 Å². The van der Waals surface area contributed by atoms with Gasteiger partial charge < -0.3 is 15.6 Å². The van der Waals surface area contributed by atoms with Gasteiger partial charge in [0.25, 0.3) is 15.9 Å². The van der Waals surface area contributed by atoms with E-state index in [9.17, 15) is 17.6 Å². The van der Waals surface area contributed by atoms with Crippen molar-refractivity contribution in [1.82, 2.24) is 15.1 Å². The molecule has 1 saturated carbocycles. The Labute approximate surface area is 211 Å². The number of aromatic nitrogens is 3. The topological polar surface area (TPSA) is 153 Å². The Morgan fingerprint density at radius 3 is 2.49 bits per heavy atom. The molecule has 0 atom stereocenters. The lowest BCUT2D eigenvalue weighted by atomic mass is 10.1. The molecule has 4 aromatic rings. The van der Waals surface area contributed by atoms with Crippen LogP contribution >= 0.6 is 0 Å². The maximum atomic E-state index is 14.2.